The summed E-state index contributed by atoms with van der Waals surface area (Å²) in [6.45, 7) is 2.29. The molecule has 1 N–H and O–H groups in total. The highest BCUT2D eigenvalue weighted by molar-refractivity contribution is 6.17. The van der Waals surface area contributed by atoms with Crippen molar-refractivity contribution < 1.29 is 18.7 Å². The second-order valence-corrected chi connectivity index (χ2v) is 6.81. The molecular weight excluding hydrogens is 394 g/mol. The molecule has 0 unspecified atom stereocenters. The molecule has 1 heterocycles. The summed E-state index contributed by atoms with van der Waals surface area (Å²) in [5.74, 6) is 2.68. The van der Waals surface area contributed by atoms with E-state index in [1.807, 2.05) is 0 Å². The summed E-state index contributed by atoms with van der Waals surface area (Å²) < 4.78 is 16.1. The fourth-order valence-electron chi connectivity index (χ4n) is 2.67. The Morgan fingerprint density at radius 2 is 1.83 bits per heavy atom. The van der Waals surface area contributed by atoms with E-state index in [1.165, 1.54) is 6.07 Å². The van der Waals surface area contributed by atoms with E-state index >= 15 is 0 Å². The Balaban J connectivity index is 1.65. The summed E-state index contributed by atoms with van der Waals surface area (Å²) in [7, 11) is 0. The predicted octanol–water partition coefficient (Wildman–Crippen LogP) is 3.34. The lowest BCUT2D eigenvalue weighted by molar-refractivity contribution is 0.0468. The number of nitrogens with one attached hydrogen (secondary N) is 1. The number of benzene rings is 1. The number of carbonyl (C=O) groups excluding carboxylic acids is 1. The first-order valence-corrected chi connectivity index (χ1v) is 10.2. The number of ether oxygens (including phenoxy) is 2. The summed E-state index contributed by atoms with van der Waals surface area (Å²) in [6.07, 6.45) is 9.65. The number of unbranched alkanes of at least 4 members (excludes halogenated alkanes) is 3. The van der Waals surface area contributed by atoms with E-state index in [9.17, 15) is 9.59 Å². The van der Waals surface area contributed by atoms with Crippen LogP contribution in [0.25, 0.3) is 11.0 Å². The standard InChI is InChI=1S/C22H26ClNO5/c1-2-17-7-8-18-16-19(22(26)29-20(18)15-17)21(25)24-10-12-28-14-13-27-11-6-4-3-5-9-23/h1,7-8,15-16H,3-6,9-14H2,(H,24,25). The van der Waals surface area contributed by atoms with Gasteiger partial charge in [0, 0.05) is 30.0 Å². The fraction of sp³-hybridized carbons (Fsp3) is 0.455. The average Bonchev–Trinajstić information content (AvgIpc) is 2.73. The number of halogens is 1. The minimum absolute atomic E-state index is 0.0524. The van der Waals surface area contributed by atoms with Crippen molar-refractivity contribution in [3.8, 4) is 12.3 Å². The highest BCUT2D eigenvalue weighted by Gasteiger charge is 2.13. The lowest BCUT2D eigenvalue weighted by Crippen LogP contribution is -2.31. The van der Waals surface area contributed by atoms with E-state index in [0.29, 0.717) is 48.8 Å². The first-order valence-electron chi connectivity index (χ1n) is 9.70. The summed E-state index contributed by atoms with van der Waals surface area (Å²) in [5, 5.41) is 3.28. The lowest BCUT2D eigenvalue weighted by Gasteiger charge is -2.07. The molecule has 0 atom stereocenters. The Kier molecular flexibility index (Phi) is 10.3. The highest BCUT2D eigenvalue weighted by atomic mass is 35.5. The third kappa shape index (κ3) is 7.90. The number of terminal acetylenes is 1. The Labute approximate surface area is 175 Å². The van der Waals surface area contributed by atoms with Gasteiger partial charge in [-0.25, -0.2) is 4.79 Å². The van der Waals surface area contributed by atoms with Gasteiger partial charge in [-0.15, -0.1) is 18.0 Å². The quantitative estimate of drug-likeness (QED) is 0.233. The molecule has 6 nitrogen and oxygen atoms in total. The number of hydrogen-bond acceptors (Lipinski definition) is 5. The van der Waals surface area contributed by atoms with E-state index < -0.39 is 11.5 Å². The Hall–Kier alpha value is -2.33. The molecular formula is C22H26ClNO5. The van der Waals surface area contributed by atoms with Crippen molar-refractivity contribution in [2.75, 3.05) is 38.9 Å². The smallest absolute Gasteiger partial charge is 0.349 e. The summed E-state index contributed by atoms with van der Waals surface area (Å²) >= 11 is 5.62. The molecule has 1 aromatic carbocycles. The first kappa shape index (κ1) is 23.0. The van der Waals surface area contributed by atoms with Crippen LogP contribution in [0.1, 0.15) is 41.6 Å². The molecule has 156 valence electrons. The van der Waals surface area contributed by atoms with Crippen molar-refractivity contribution in [1.82, 2.24) is 5.32 Å². The normalized spacial score (nSPS) is 10.8. The number of fused-ring (bicyclic) bond motifs is 1. The first-order chi connectivity index (χ1) is 14.2. The molecule has 0 aliphatic rings. The maximum absolute atomic E-state index is 12.2. The molecule has 0 spiro atoms. The molecule has 1 aromatic heterocycles. The zero-order valence-corrected chi connectivity index (χ0v) is 17.1. The average molecular weight is 420 g/mol. The van der Waals surface area contributed by atoms with Crippen molar-refractivity contribution in [3.63, 3.8) is 0 Å². The van der Waals surface area contributed by atoms with Gasteiger partial charge in [-0.3, -0.25) is 4.79 Å². The van der Waals surface area contributed by atoms with Crippen LogP contribution in [0.4, 0.5) is 0 Å². The summed E-state index contributed by atoms with van der Waals surface area (Å²) in [5.41, 5.74) is 0.197. The van der Waals surface area contributed by atoms with Crippen molar-refractivity contribution in [2.45, 2.75) is 25.7 Å². The van der Waals surface area contributed by atoms with Crippen LogP contribution < -0.4 is 10.9 Å². The molecule has 0 saturated carbocycles. The molecule has 0 radical (unpaired) electrons. The number of amides is 1. The predicted molar refractivity (Wildman–Crippen MR) is 114 cm³/mol. The van der Waals surface area contributed by atoms with Crippen LogP contribution >= 0.6 is 11.6 Å². The number of rotatable bonds is 13. The largest absolute Gasteiger partial charge is 0.422 e. The molecule has 7 heteroatoms. The van der Waals surface area contributed by atoms with Gasteiger partial charge >= 0.3 is 5.63 Å². The lowest BCUT2D eigenvalue weighted by atomic mass is 10.1. The van der Waals surface area contributed by atoms with Gasteiger partial charge in [-0.1, -0.05) is 18.8 Å². The highest BCUT2D eigenvalue weighted by Crippen LogP contribution is 2.15. The van der Waals surface area contributed by atoms with Crippen LogP contribution in [-0.4, -0.2) is 44.8 Å². The van der Waals surface area contributed by atoms with Gasteiger partial charge in [0.2, 0.25) is 0 Å². The van der Waals surface area contributed by atoms with Crippen LogP contribution in [0, 0.1) is 12.3 Å². The zero-order valence-electron chi connectivity index (χ0n) is 16.4. The number of alkyl halides is 1. The topological polar surface area (TPSA) is 77.8 Å². The van der Waals surface area contributed by atoms with Crippen LogP contribution in [0.3, 0.4) is 0 Å². The summed E-state index contributed by atoms with van der Waals surface area (Å²) in [4.78, 5) is 24.3. The Morgan fingerprint density at radius 1 is 1.07 bits per heavy atom. The number of hydrogen-bond donors (Lipinski definition) is 1. The van der Waals surface area contributed by atoms with Crippen molar-refractivity contribution in [2.24, 2.45) is 0 Å². The molecule has 2 aromatic rings. The van der Waals surface area contributed by atoms with Crippen molar-refractivity contribution in [3.05, 3.63) is 45.8 Å². The molecule has 0 aliphatic carbocycles. The van der Waals surface area contributed by atoms with E-state index in [0.717, 1.165) is 25.7 Å². The molecule has 29 heavy (non-hydrogen) atoms. The molecule has 1 amide bonds. The van der Waals surface area contributed by atoms with E-state index in [4.69, 9.17) is 31.9 Å². The molecule has 0 bridgehead atoms. The molecule has 0 saturated heterocycles. The molecule has 2 rings (SSSR count). The number of carbonyl (C=O) groups is 1. The summed E-state index contributed by atoms with van der Waals surface area (Å²) in [6, 6.07) is 6.53. The van der Waals surface area contributed by atoms with Crippen LogP contribution in [-0.2, 0) is 9.47 Å². The van der Waals surface area contributed by atoms with E-state index in [2.05, 4.69) is 11.2 Å². The van der Waals surface area contributed by atoms with Gasteiger partial charge in [0.25, 0.3) is 5.91 Å². The Bertz CT molecular complexity index is 887. The van der Waals surface area contributed by atoms with Crippen molar-refractivity contribution >= 4 is 28.5 Å². The van der Waals surface area contributed by atoms with Gasteiger partial charge in [-0.05, 0) is 37.1 Å². The molecule has 0 fully saturated rings. The van der Waals surface area contributed by atoms with Crippen LogP contribution in [0.2, 0.25) is 0 Å². The fourth-order valence-corrected chi connectivity index (χ4v) is 2.85. The van der Waals surface area contributed by atoms with Gasteiger partial charge in [0.15, 0.2) is 0 Å². The van der Waals surface area contributed by atoms with Gasteiger partial charge in [0.1, 0.15) is 11.1 Å². The zero-order chi connectivity index (χ0) is 20.9. The van der Waals surface area contributed by atoms with E-state index in [1.54, 1.807) is 18.2 Å². The maximum atomic E-state index is 12.2. The van der Waals surface area contributed by atoms with Crippen molar-refractivity contribution in [1.29, 1.82) is 0 Å². The minimum atomic E-state index is -0.704. The van der Waals surface area contributed by atoms with Crippen LogP contribution in [0.15, 0.2) is 33.5 Å². The molecule has 0 aliphatic heterocycles. The van der Waals surface area contributed by atoms with Gasteiger partial charge in [-0.2, -0.15) is 0 Å². The van der Waals surface area contributed by atoms with Crippen LogP contribution in [0.5, 0.6) is 0 Å². The SMILES string of the molecule is C#Cc1ccc2cc(C(=O)NCCOCCOCCCCCCCl)c(=O)oc2c1. The second kappa shape index (κ2) is 13.0. The van der Waals surface area contributed by atoms with Gasteiger partial charge < -0.3 is 19.2 Å². The van der Waals surface area contributed by atoms with E-state index in [-0.39, 0.29) is 12.1 Å². The maximum Gasteiger partial charge on any atom is 0.349 e. The third-order valence-corrected chi connectivity index (χ3v) is 4.49. The Morgan fingerprint density at radius 3 is 2.59 bits per heavy atom. The monoisotopic (exact) mass is 419 g/mol. The third-order valence-electron chi connectivity index (χ3n) is 4.22. The second-order valence-electron chi connectivity index (χ2n) is 6.43. The van der Waals surface area contributed by atoms with Gasteiger partial charge in [0.05, 0.1) is 19.8 Å². The minimum Gasteiger partial charge on any atom is -0.422 e.